The van der Waals surface area contributed by atoms with Crippen molar-refractivity contribution in [3.63, 3.8) is 0 Å². The van der Waals surface area contributed by atoms with Gasteiger partial charge in [-0.3, -0.25) is 4.79 Å². The van der Waals surface area contributed by atoms with Gasteiger partial charge in [-0.2, -0.15) is 13.2 Å². The van der Waals surface area contributed by atoms with Gasteiger partial charge in [0.25, 0.3) is 0 Å². The summed E-state index contributed by atoms with van der Waals surface area (Å²) >= 11 is 0. The molecular formula is C25H28F3NO4. The number of rotatable bonds is 9. The number of hydrogen-bond donors (Lipinski definition) is 3. The monoisotopic (exact) mass is 463 g/mol. The number of amides is 1. The largest absolute Gasteiger partial charge is 0.464 e. The molecule has 0 aliphatic carbocycles. The van der Waals surface area contributed by atoms with Crippen molar-refractivity contribution in [3.05, 3.63) is 77.1 Å². The van der Waals surface area contributed by atoms with E-state index >= 15 is 0 Å². The first kappa shape index (κ1) is 26.2. The van der Waals surface area contributed by atoms with Gasteiger partial charge in [-0.25, -0.2) is 0 Å². The Labute approximate surface area is 191 Å². The molecule has 1 atom stereocenters. The molecule has 2 aromatic rings. The highest BCUT2D eigenvalue weighted by Gasteiger charge is 2.30. The topological polar surface area (TPSA) is 78.8 Å². The number of carbonyl (C=O) groups is 1. The van der Waals surface area contributed by atoms with E-state index in [1.165, 1.54) is 18.4 Å². The van der Waals surface area contributed by atoms with Crippen molar-refractivity contribution in [3.8, 4) is 16.9 Å². The first-order chi connectivity index (χ1) is 15.5. The van der Waals surface area contributed by atoms with E-state index in [0.717, 1.165) is 30.2 Å². The van der Waals surface area contributed by atoms with Crippen LogP contribution in [0.5, 0.6) is 5.75 Å². The van der Waals surface area contributed by atoms with Gasteiger partial charge in [0, 0.05) is 12.1 Å². The third kappa shape index (κ3) is 6.46. The Kier molecular flexibility index (Phi) is 8.84. The number of ether oxygens (including phenoxy) is 1. The first-order valence-corrected chi connectivity index (χ1v) is 10.4. The summed E-state index contributed by atoms with van der Waals surface area (Å²) in [5.41, 5.74) is 2.52. The molecule has 8 heteroatoms. The van der Waals surface area contributed by atoms with Gasteiger partial charge in [0.05, 0.1) is 18.4 Å². The molecule has 0 aliphatic rings. The van der Waals surface area contributed by atoms with E-state index in [-0.39, 0.29) is 17.9 Å². The van der Waals surface area contributed by atoms with Gasteiger partial charge in [0.2, 0.25) is 5.91 Å². The van der Waals surface area contributed by atoms with Crippen LogP contribution < -0.4 is 10.1 Å². The molecule has 0 aromatic heterocycles. The number of benzene rings is 2. The van der Waals surface area contributed by atoms with E-state index in [4.69, 9.17) is 4.74 Å². The van der Waals surface area contributed by atoms with E-state index in [1.807, 2.05) is 13.8 Å². The molecule has 0 heterocycles. The summed E-state index contributed by atoms with van der Waals surface area (Å²) in [6.07, 6.45) is -2.42. The van der Waals surface area contributed by atoms with Crippen LogP contribution in [-0.4, -0.2) is 22.7 Å². The molecule has 0 aliphatic heterocycles. The van der Waals surface area contributed by atoms with Crippen LogP contribution in [0.25, 0.3) is 11.1 Å². The Balaban J connectivity index is 2.73. The average Bonchev–Trinajstić information content (AvgIpc) is 2.80. The lowest BCUT2D eigenvalue weighted by Gasteiger charge is -2.23. The first-order valence-electron chi connectivity index (χ1n) is 10.4. The van der Waals surface area contributed by atoms with Crippen LogP contribution in [0.4, 0.5) is 13.2 Å². The van der Waals surface area contributed by atoms with Crippen LogP contribution >= 0.6 is 0 Å². The summed E-state index contributed by atoms with van der Waals surface area (Å²) in [7, 11) is 0. The van der Waals surface area contributed by atoms with Crippen molar-refractivity contribution < 1.29 is 32.9 Å². The number of aliphatic hydroxyl groups excluding tert-OH is 2. The predicted octanol–water partition coefficient (Wildman–Crippen LogP) is 5.20. The summed E-state index contributed by atoms with van der Waals surface area (Å²) in [5, 5.41) is 22.8. The third-order valence-corrected chi connectivity index (χ3v) is 5.26. The van der Waals surface area contributed by atoms with Crippen molar-refractivity contribution in [1.29, 1.82) is 0 Å². The molecule has 0 saturated carbocycles. The number of aliphatic hydroxyl groups is 2. The Morgan fingerprint density at radius 1 is 1.27 bits per heavy atom. The molecule has 2 rings (SSSR count). The summed E-state index contributed by atoms with van der Waals surface area (Å²) in [6.45, 7) is 8.33. The molecule has 3 N–H and O–H groups in total. The third-order valence-electron chi connectivity index (χ3n) is 5.26. The second-order valence-electron chi connectivity index (χ2n) is 7.58. The van der Waals surface area contributed by atoms with Crippen molar-refractivity contribution >= 4 is 5.91 Å². The Hall–Kier alpha value is -3.10. The minimum Gasteiger partial charge on any atom is -0.464 e. The van der Waals surface area contributed by atoms with Gasteiger partial charge < -0.3 is 20.3 Å². The lowest BCUT2D eigenvalue weighted by molar-refractivity contribution is -0.137. The zero-order chi connectivity index (χ0) is 24.8. The van der Waals surface area contributed by atoms with Crippen LogP contribution in [0.1, 0.15) is 48.6 Å². The lowest BCUT2D eigenvalue weighted by atomic mass is 9.90. The molecule has 0 bridgehead atoms. The van der Waals surface area contributed by atoms with Crippen molar-refractivity contribution in [1.82, 2.24) is 5.32 Å². The SMILES string of the molecule is C=CC(=O)NCc1cc(-c2ccc(C(F)(F)F)cc2)c(C)c(O/C=C(\C)CC)c1C(O)CO. The Bertz CT molecular complexity index is 1030. The molecule has 0 saturated heterocycles. The summed E-state index contributed by atoms with van der Waals surface area (Å²) in [5.74, 6) is -0.176. The number of alkyl halides is 3. The molecule has 178 valence electrons. The second kappa shape index (κ2) is 11.2. The highest BCUT2D eigenvalue weighted by atomic mass is 19.4. The van der Waals surface area contributed by atoms with E-state index in [2.05, 4.69) is 11.9 Å². The highest BCUT2D eigenvalue weighted by Crippen LogP contribution is 2.40. The maximum atomic E-state index is 13.0. The maximum absolute atomic E-state index is 13.0. The van der Waals surface area contributed by atoms with Crippen LogP contribution in [0.2, 0.25) is 0 Å². The molecule has 0 spiro atoms. The van der Waals surface area contributed by atoms with Crippen LogP contribution in [-0.2, 0) is 17.5 Å². The van der Waals surface area contributed by atoms with Gasteiger partial charge in [0.15, 0.2) is 0 Å². The molecule has 1 unspecified atom stereocenters. The number of halogens is 3. The van der Waals surface area contributed by atoms with Crippen LogP contribution in [0, 0.1) is 6.92 Å². The molecule has 2 aromatic carbocycles. The minimum atomic E-state index is -4.46. The molecule has 0 fully saturated rings. The minimum absolute atomic E-state index is 0.0159. The fourth-order valence-corrected chi connectivity index (χ4v) is 3.22. The van der Waals surface area contributed by atoms with Gasteiger partial charge >= 0.3 is 6.18 Å². The normalized spacial score (nSPS) is 12.9. The lowest BCUT2D eigenvalue weighted by Crippen LogP contribution is -2.22. The standard InChI is InChI=1S/C25H28F3NO4/c1-5-15(3)14-33-24-16(4)20(17-7-9-19(10-8-17)25(26,27)28)11-18(12-29-22(32)6-2)23(24)21(31)13-30/h6-11,14,21,30-31H,2,5,12-13H2,1,3-4H3,(H,29,32)/b15-14+. The number of hydrogen-bond acceptors (Lipinski definition) is 4. The predicted molar refractivity (Wildman–Crippen MR) is 120 cm³/mol. The molecular weight excluding hydrogens is 435 g/mol. The van der Waals surface area contributed by atoms with Crippen molar-refractivity contribution in [2.75, 3.05) is 6.61 Å². The van der Waals surface area contributed by atoms with E-state index in [9.17, 15) is 28.2 Å². The number of allylic oxidation sites excluding steroid dienone is 1. The van der Waals surface area contributed by atoms with Gasteiger partial charge in [-0.15, -0.1) is 0 Å². The molecule has 33 heavy (non-hydrogen) atoms. The van der Waals surface area contributed by atoms with Gasteiger partial charge in [-0.1, -0.05) is 25.6 Å². The van der Waals surface area contributed by atoms with Crippen molar-refractivity contribution in [2.45, 2.75) is 46.0 Å². The summed E-state index contributed by atoms with van der Waals surface area (Å²) < 4.78 is 44.9. The van der Waals surface area contributed by atoms with E-state index in [1.54, 1.807) is 13.0 Å². The van der Waals surface area contributed by atoms with Crippen LogP contribution in [0.3, 0.4) is 0 Å². The van der Waals surface area contributed by atoms with E-state index < -0.39 is 30.4 Å². The van der Waals surface area contributed by atoms with Gasteiger partial charge in [-0.05, 0) is 72.4 Å². The highest BCUT2D eigenvalue weighted by molar-refractivity contribution is 5.87. The van der Waals surface area contributed by atoms with Gasteiger partial charge in [0.1, 0.15) is 11.9 Å². The Morgan fingerprint density at radius 2 is 1.91 bits per heavy atom. The van der Waals surface area contributed by atoms with Crippen LogP contribution in [0.15, 0.2) is 54.8 Å². The molecule has 5 nitrogen and oxygen atoms in total. The second-order valence-corrected chi connectivity index (χ2v) is 7.58. The molecule has 0 radical (unpaired) electrons. The average molecular weight is 463 g/mol. The fourth-order valence-electron chi connectivity index (χ4n) is 3.22. The van der Waals surface area contributed by atoms with Crippen molar-refractivity contribution in [2.24, 2.45) is 0 Å². The summed E-state index contributed by atoms with van der Waals surface area (Å²) in [4.78, 5) is 11.7. The van der Waals surface area contributed by atoms with E-state index in [0.29, 0.717) is 22.3 Å². The Morgan fingerprint density at radius 3 is 2.42 bits per heavy atom. The number of carbonyl (C=O) groups excluding carboxylic acids is 1. The zero-order valence-electron chi connectivity index (χ0n) is 18.8. The smallest absolute Gasteiger partial charge is 0.416 e. The maximum Gasteiger partial charge on any atom is 0.416 e. The quantitative estimate of drug-likeness (QED) is 0.353. The number of nitrogens with one attached hydrogen (secondary N) is 1. The zero-order valence-corrected chi connectivity index (χ0v) is 18.8. The molecule has 1 amide bonds. The summed E-state index contributed by atoms with van der Waals surface area (Å²) in [6, 6.07) is 6.36. The fraction of sp³-hybridized carbons (Fsp3) is 0.320.